The van der Waals surface area contributed by atoms with Crippen LogP contribution in [0.1, 0.15) is 0 Å². The van der Waals surface area contributed by atoms with Crippen LogP contribution in [0.25, 0.3) is 33.5 Å². The Hall–Kier alpha value is -2.38. The first-order valence-electron chi connectivity index (χ1n) is 13.6. The van der Waals surface area contributed by atoms with Crippen molar-refractivity contribution in [2.75, 3.05) is 19.8 Å². The largest absolute Gasteiger partial charge is 0.456 e. The summed E-state index contributed by atoms with van der Waals surface area (Å²) in [6.07, 6.45) is -0.0680. The molecule has 41 heavy (non-hydrogen) atoms. The van der Waals surface area contributed by atoms with Crippen molar-refractivity contribution in [3.8, 4) is 28.4 Å². The van der Waals surface area contributed by atoms with E-state index in [2.05, 4.69) is 40.6 Å². The summed E-state index contributed by atoms with van der Waals surface area (Å²) in [4.78, 5) is 13.9. The molecule has 9 nitrogen and oxygen atoms in total. The van der Waals surface area contributed by atoms with E-state index in [4.69, 9.17) is 40.5 Å². The summed E-state index contributed by atoms with van der Waals surface area (Å²) >= 11 is 10.2. The second kappa shape index (κ2) is 11.7. The van der Waals surface area contributed by atoms with E-state index in [1.807, 2.05) is 47.0 Å². The first-order chi connectivity index (χ1) is 19.7. The van der Waals surface area contributed by atoms with Crippen LogP contribution in [0.15, 0.2) is 53.3 Å². The molecular formula is C29H32BrClN4O5Si. The van der Waals surface area contributed by atoms with Crippen LogP contribution in [0.4, 0.5) is 0 Å². The minimum Gasteiger partial charge on any atom is -0.456 e. The first-order valence-corrected chi connectivity index (χ1v) is 18.5. The van der Waals surface area contributed by atoms with E-state index in [1.165, 1.54) is 0 Å². The van der Waals surface area contributed by atoms with E-state index in [0.29, 0.717) is 41.1 Å². The van der Waals surface area contributed by atoms with E-state index in [1.54, 1.807) is 6.20 Å². The highest BCUT2D eigenvalue weighted by Gasteiger charge is 2.49. The Labute approximate surface area is 252 Å². The zero-order chi connectivity index (χ0) is 28.7. The number of fused-ring (bicyclic) bond motifs is 2. The molecule has 0 saturated carbocycles. The lowest BCUT2D eigenvalue weighted by Gasteiger charge is -2.19. The van der Waals surface area contributed by atoms with Gasteiger partial charge in [0, 0.05) is 26.4 Å². The number of aliphatic hydroxyl groups excluding tert-OH is 1. The monoisotopic (exact) mass is 658 g/mol. The molecule has 216 valence electrons. The highest BCUT2D eigenvalue weighted by molar-refractivity contribution is 9.10. The van der Waals surface area contributed by atoms with Crippen LogP contribution in [0.5, 0.6) is 6.01 Å². The summed E-state index contributed by atoms with van der Waals surface area (Å²) in [5.41, 5.74) is 4.84. The lowest BCUT2D eigenvalue weighted by atomic mass is 10.0. The Morgan fingerprint density at radius 3 is 2.54 bits per heavy atom. The van der Waals surface area contributed by atoms with Gasteiger partial charge in [0.1, 0.15) is 35.2 Å². The number of aromatic nitrogens is 4. The predicted molar refractivity (Wildman–Crippen MR) is 163 cm³/mol. The molecule has 0 radical (unpaired) electrons. The molecule has 6 rings (SSSR count). The Balaban J connectivity index is 1.32. The molecule has 2 aliphatic rings. The lowest BCUT2D eigenvalue weighted by Crippen LogP contribution is -2.35. The summed E-state index contributed by atoms with van der Waals surface area (Å²) in [6.45, 7) is 8.34. The Kier molecular flexibility index (Phi) is 8.21. The fourth-order valence-electron chi connectivity index (χ4n) is 5.03. The average Bonchev–Trinajstić information content (AvgIpc) is 3.61. The van der Waals surface area contributed by atoms with Crippen LogP contribution < -0.4 is 4.74 Å². The smallest absolute Gasteiger partial charge is 0.301 e. The van der Waals surface area contributed by atoms with Crippen molar-refractivity contribution in [1.82, 2.24) is 19.5 Å². The molecule has 1 N–H and O–H groups in total. The van der Waals surface area contributed by atoms with Gasteiger partial charge in [0.15, 0.2) is 11.8 Å². The van der Waals surface area contributed by atoms with Gasteiger partial charge in [-0.2, -0.15) is 4.98 Å². The summed E-state index contributed by atoms with van der Waals surface area (Å²) < 4.78 is 26.6. The summed E-state index contributed by atoms with van der Waals surface area (Å²) in [5, 5.41) is 10.6. The van der Waals surface area contributed by atoms with Gasteiger partial charge in [-0.15, -0.1) is 0 Å². The molecule has 0 unspecified atom stereocenters. The van der Waals surface area contributed by atoms with Gasteiger partial charge in [0.25, 0.3) is 0 Å². The zero-order valence-electron chi connectivity index (χ0n) is 23.1. The average molecular weight is 660 g/mol. The van der Waals surface area contributed by atoms with E-state index in [-0.39, 0.29) is 19.4 Å². The van der Waals surface area contributed by atoms with Crippen molar-refractivity contribution in [1.29, 1.82) is 0 Å². The van der Waals surface area contributed by atoms with Crippen LogP contribution in [0, 0.1) is 0 Å². The number of nitrogens with zero attached hydrogens (tertiary/aromatic N) is 4. The Morgan fingerprint density at radius 2 is 1.78 bits per heavy atom. The zero-order valence-corrected chi connectivity index (χ0v) is 26.4. The maximum atomic E-state index is 10.2. The second-order valence-electron chi connectivity index (χ2n) is 11.6. The summed E-state index contributed by atoms with van der Waals surface area (Å²) in [6, 6.07) is 15.2. The number of aliphatic hydroxyl groups is 1. The van der Waals surface area contributed by atoms with Crippen molar-refractivity contribution < 1.29 is 24.1 Å². The second-order valence-corrected chi connectivity index (χ2v) is 18.4. The molecule has 2 saturated heterocycles. The van der Waals surface area contributed by atoms with Gasteiger partial charge in [-0.25, -0.2) is 9.97 Å². The molecule has 0 aliphatic carbocycles. The van der Waals surface area contributed by atoms with Gasteiger partial charge >= 0.3 is 6.01 Å². The van der Waals surface area contributed by atoms with Crippen LogP contribution in [-0.2, 0) is 20.9 Å². The van der Waals surface area contributed by atoms with Gasteiger partial charge in [0.2, 0.25) is 0 Å². The molecule has 4 atom stereocenters. The number of hydrogen-bond donors (Lipinski definition) is 1. The summed E-state index contributed by atoms with van der Waals surface area (Å²) in [7, 11) is -1.27. The van der Waals surface area contributed by atoms with Gasteiger partial charge < -0.3 is 24.1 Å². The summed E-state index contributed by atoms with van der Waals surface area (Å²) in [5.74, 6) is 0. The maximum Gasteiger partial charge on any atom is 0.301 e. The number of hydrogen-bond acceptors (Lipinski definition) is 8. The molecule has 12 heteroatoms. The van der Waals surface area contributed by atoms with Crippen LogP contribution in [0.2, 0.25) is 30.7 Å². The standard InChI is InChI=1S/C29H32BrClN4O5Si/c1-41(2,3)11-10-37-16-35-28-21(33-29(35)40-23-15-39-26-22(36)14-38-27(23)26)13-20(31)25(34-28)18-6-4-17(5-7-18)19-8-9-32-24(30)12-19/h4-9,12-13,22-23,26-27,36H,10-11,14-16H2,1-3H3/t22-,23-,26-,27-/m1/s1. The van der Waals surface area contributed by atoms with Crippen molar-refractivity contribution in [2.45, 2.75) is 56.8 Å². The van der Waals surface area contributed by atoms with E-state index in [9.17, 15) is 5.11 Å². The molecule has 0 amide bonds. The first kappa shape index (κ1) is 28.7. The fourth-order valence-corrected chi connectivity index (χ4v) is 6.41. The van der Waals surface area contributed by atoms with Gasteiger partial charge in [-0.1, -0.05) is 55.5 Å². The lowest BCUT2D eigenvalue weighted by molar-refractivity contribution is 0.00336. The van der Waals surface area contributed by atoms with Gasteiger partial charge in [0.05, 0.1) is 23.9 Å². The fraction of sp³-hybridized carbons (Fsp3) is 0.414. The third-order valence-corrected chi connectivity index (χ3v) is 9.74. The SMILES string of the molecule is C[Si](C)(C)CCOCn1c(O[C@@H]2CO[C@H]3[C@@H]2OC[C@H]3O)nc2cc(Cl)c(-c3ccc(-c4ccnc(Br)c4)cc3)nc21. The molecular weight excluding hydrogens is 628 g/mol. The number of rotatable bonds is 9. The third-order valence-electron chi connectivity index (χ3n) is 7.31. The van der Waals surface area contributed by atoms with Crippen molar-refractivity contribution >= 4 is 46.8 Å². The van der Waals surface area contributed by atoms with E-state index >= 15 is 0 Å². The maximum absolute atomic E-state index is 10.2. The topological polar surface area (TPSA) is 101 Å². The normalized spacial score (nSPS) is 22.4. The van der Waals surface area contributed by atoms with Crippen molar-refractivity contribution in [3.63, 3.8) is 0 Å². The Morgan fingerprint density at radius 1 is 1.02 bits per heavy atom. The number of halogens is 2. The van der Waals surface area contributed by atoms with Crippen LogP contribution in [0.3, 0.4) is 0 Å². The minimum atomic E-state index is -1.27. The molecule has 5 heterocycles. The van der Waals surface area contributed by atoms with E-state index < -0.39 is 26.4 Å². The molecule has 0 bridgehead atoms. The highest BCUT2D eigenvalue weighted by Crippen LogP contribution is 2.35. The van der Waals surface area contributed by atoms with Crippen LogP contribution >= 0.6 is 27.5 Å². The molecule has 0 spiro atoms. The predicted octanol–water partition coefficient (Wildman–Crippen LogP) is 5.79. The number of benzene rings is 1. The number of imidazole rings is 1. The Bertz CT molecular complexity index is 1550. The molecule has 2 fully saturated rings. The van der Waals surface area contributed by atoms with Gasteiger partial charge in [-0.3, -0.25) is 4.57 Å². The quantitative estimate of drug-likeness (QED) is 0.137. The molecule has 4 aromatic rings. The molecule has 2 aliphatic heterocycles. The van der Waals surface area contributed by atoms with Crippen LogP contribution in [-0.4, -0.2) is 76.9 Å². The minimum absolute atomic E-state index is 0.225. The number of pyridine rings is 2. The highest BCUT2D eigenvalue weighted by atomic mass is 79.9. The van der Waals surface area contributed by atoms with E-state index in [0.717, 1.165) is 27.3 Å². The van der Waals surface area contributed by atoms with Crippen molar-refractivity contribution in [3.05, 3.63) is 58.3 Å². The molecule has 3 aromatic heterocycles. The number of ether oxygens (including phenoxy) is 4. The molecule has 1 aromatic carbocycles. The van der Waals surface area contributed by atoms with Crippen molar-refractivity contribution in [2.24, 2.45) is 0 Å². The third kappa shape index (κ3) is 6.22. The van der Waals surface area contributed by atoms with Gasteiger partial charge in [-0.05, 0) is 51.3 Å².